The van der Waals surface area contributed by atoms with Crippen LogP contribution in [0.25, 0.3) is 0 Å². The topological polar surface area (TPSA) is 106 Å². The van der Waals surface area contributed by atoms with E-state index in [0.29, 0.717) is 12.3 Å². The van der Waals surface area contributed by atoms with Gasteiger partial charge in [0.15, 0.2) is 5.69 Å². The van der Waals surface area contributed by atoms with Gasteiger partial charge in [-0.1, -0.05) is 31.0 Å². The van der Waals surface area contributed by atoms with Crippen molar-refractivity contribution in [3.05, 3.63) is 47.5 Å². The molecule has 4 rings (SSSR count). The Labute approximate surface area is 193 Å². The zero-order valence-corrected chi connectivity index (χ0v) is 19.4. The number of carbonyl (C=O) groups excluding carboxylic acids is 3. The van der Waals surface area contributed by atoms with E-state index in [9.17, 15) is 14.4 Å². The molecular weight excluding hydrogens is 422 g/mol. The predicted molar refractivity (Wildman–Crippen MR) is 122 cm³/mol. The number of carbonyl (C=O) groups is 3. The standard InChI is InChI=1S/C24H31N5O4/c1-4-29-22(31)20-19(21(30)25-13-16-9-5-8-12-18(16)33-3)26-15-28(20)14-24(29,2)23(32)27-17-10-6-7-11-17/h5,8-9,12,15,17H,4,6-7,10-11,13-14H2,1-3H3,(H,25,30)(H,27,32). The number of methoxy groups -OCH3 is 1. The van der Waals surface area contributed by atoms with Gasteiger partial charge in [-0.2, -0.15) is 0 Å². The molecule has 2 heterocycles. The van der Waals surface area contributed by atoms with Gasteiger partial charge < -0.3 is 24.8 Å². The number of nitrogens with one attached hydrogen (secondary N) is 2. The van der Waals surface area contributed by atoms with E-state index in [-0.39, 0.29) is 42.3 Å². The smallest absolute Gasteiger partial charge is 0.273 e. The molecule has 1 atom stereocenters. The minimum atomic E-state index is -1.05. The lowest BCUT2D eigenvalue weighted by Crippen LogP contribution is -2.64. The zero-order valence-electron chi connectivity index (χ0n) is 19.4. The summed E-state index contributed by atoms with van der Waals surface area (Å²) in [5, 5.41) is 5.95. The lowest BCUT2D eigenvalue weighted by molar-refractivity contribution is -0.133. The maximum atomic E-state index is 13.5. The molecule has 1 saturated carbocycles. The first-order valence-electron chi connectivity index (χ1n) is 11.5. The van der Waals surface area contributed by atoms with E-state index in [1.807, 2.05) is 31.2 Å². The fraction of sp³-hybridized carbons (Fsp3) is 0.500. The normalized spacial score (nSPS) is 20.5. The average molecular weight is 454 g/mol. The van der Waals surface area contributed by atoms with Crippen molar-refractivity contribution in [2.24, 2.45) is 0 Å². The van der Waals surface area contributed by atoms with Crippen LogP contribution in [0.15, 0.2) is 30.6 Å². The Morgan fingerprint density at radius 1 is 1.24 bits per heavy atom. The summed E-state index contributed by atoms with van der Waals surface area (Å²) in [6.07, 6.45) is 5.62. The number of imidazole rings is 1. The molecule has 0 saturated heterocycles. The number of benzene rings is 1. The van der Waals surface area contributed by atoms with Gasteiger partial charge in [-0.3, -0.25) is 14.4 Å². The summed E-state index contributed by atoms with van der Waals surface area (Å²) in [5.74, 6) is -0.307. The first kappa shape index (κ1) is 22.8. The second-order valence-corrected chi connectivity index (χ2v) is 8.84. The summed E-state index contributed by atoms with van der Waals surface area (Å²) in [6.45, 7) is 4.45. The molecule has 9 heteroatoms. The zero-order chi connectivity index (χ0) is 23.6. The number of fused-ring (bicyclic) bond motifs is 1. The van der Waals surface area contributed by atoms with Crippen LogP contribution in [-0.2, 0) is 17.9 Å². The molecule has 3 amide bonds. The minimum absolute atomic E-state index is 0.0617. The highest BCUT2D eigenvalue weighted by atomic mass is 16.5. The van der Waals surface area contributed by atoms with Gasteiger partial charge in [-0.05, 0) is 32.8 Å². The van der Waals surface area contributed by atoms with Gasteiger partial charge in [0.1, 0.15) is 17.0 Å². The monoisotopic (exact) mass is 453 g/mol. The van der Waals surface area contributed by atoms with Crippen LogP contribution in [0.1, 0.15) is 66.1 Å². The van der Waals surface area contributed by atoms with Crippen LogP contribution >= 0.6 is 0 Å². The van der Waals surface area contributed by atoms with E-state index in [1.165, 1.54) is 6.33 Å². The molecule has 176 valence electrons. The quantitative estimate of drug-likeness (QED) is 0.668. The SMILES string of the molecule is CCN1C(=O)c2c(C(=O)NCc3ccccc3OC)ncn2CC1(C)C(=O)NC1CCCC1. The molecule has 1 aliphatic heterocycles. The summed E-state index contributed by atoms with van der Waals surface area (Å²) in [5.41, 5.74) is 0.0407. The molecule has 1 aromatic carbocycles. The van der Waals surface area contributed by atoms with Gasteiger partial charge in [0.2, 0.25) is 5.91 Å². The van der Waals surface area contributed by atoms with Gasteiger partial charge in [0, 0.05) is 24.7 Å². The maximum Gasteiger partial charge on any atom is 0.273 e. The Bertz CT molecular complexity index is 1060. The van der Waals surface area contributed by atoms with Crippen LogP contribution in [0.3, 0.4) is 0 Å². The Kier molecular flexibility index (Phi) is 6.40. The summed E-state index contributed by atoms with van der Waals surface area (Å²) >= 11 is 0. The lowest BCUT2D eigenvalue weighted by Gasteiger charge is -2.43. The number of likely N-dealkylation sites (N-methyl/N-ethyl adjacent to an activating group) is 1. The van der Waals surface area contributed by atoms with Crippen molar-refractivity contribution >= 4 is 17.7 Å². The second kappa shape index (κ2) is 9.25. The molecule has 1 unspecified atom stereocenters. The summed E-state index contributed by atoms with van der Waals surface area (Å²) in [4.78, 5) is 45.4. The number of para-hydroxylation sites is 1. The van der Waals surface area contributed by atoms with E-state index < -0.39 is 11.4 Å². The van der Waals surface area contributed by atoms with Crippen LogP contribution in [0.4, 0.5) is 0 Å². The van der Waals surface area contributed by atoms with Crippen molar-refractivity contribution in [3.8, 4) is 5.75 Å². The van der Waals surface area contributed by atoms with Gasteiger partial charge in [0.25, 0.3) is 11.8 Å². The number of ether oxygens (including phenoxy) is 1. The van der Waals surface area contributed by atoms with Crippen LogP contribution < -0.4 is 15.4 Å². The molecule has 33 heavy (non-hydrogen) atoms. The largest absolute Gasteiger partial charge is 0.496 e. The van der Waals surface area contributed by atoms with Gasteiger partial charge in [-0.25, -0.2) is 4.98 Å². The van der Waals surface area contributed by atoms with Crippen molar-refractivity contribution < 1.29 is 19.1 Å². The van der Waals surface area contributed by atoms with Crippen molar-refractivity contribution in [2.75, 3.05) is 13.7 Å². The highest BCUT2D eigenvalue weighted by Gasteiger charge is 2.48. The van der Waals surface area contributed by atoms with Crippen molar-refractivity contribution in [1.82, 2.24) is 25.1 Å². The van der Waals surface area contributed by atoms with Gasteiger partial charge >= 0.3 is 0 Å². The number of amides is 3. The van der Waals surface area contributed by atoms with E-state index >= 15 is 0 Å². The number of nitrogens with zero attached hydrogens (tertiary/aromatic N) is 3. The Hall–Kier alpha value is -3.36. The second-order valence-electron chi connectivity index (χ2n) is 8.84. The lowest BCUT2D eigenvalue weighted by atomic mass is 9.94. The van der Waals surface area contributed by atoms with Gasteiger partial charge in [0.05, 0.1) is 20.0 Å². The summed E-state index contributed by atoms with van der Waals surface area (Å²) in [6, 6.07) is 7.56. The molecule has 2 N–H and O–H groups in total. The number of hydrogen-bond donors (Lipinski definition) is 2. The van der Waals surface area contributed by atoms with Crippen molar-refractivity contribution in [3.63, 3.8) is 0 Å². The molecule has 2 aromatic rings. The number of rotatable bonds is 7. The molecular formula is C24H31N5O4. The van der Waals surface area contributed by atoms with E-state index in [1.54, 1.807) is 23.5 Å². The average Bonchev–Trinajstić information content (AvgIpc) is 3.47. The number of aromatic nitrogens is 2. The molecule has 1 aliphatic carbocycles. The molecule has 1 fully saturated rings. The van der Waals surface area contributed by atoms with E-state index in [4.69, 9.17) is 4.74 Å². The van der Waals surface area contributed by atoms with Crippen LogP contribution in [0.5, 0.6) is 5.75 Å². The molecule has 0 radical (unpaired) electrons. The molecule has 1 aromatic heterocycles. The third kappa shape index (κ3) is 4.19. The summed E-state index contributed by atoms with van der Waals surface area (Å²) in [7, 11) is 1.57. The third-order valence-electron chi connectivity index (χ3n) is 6.70. The highest BCUT2D eigenvalue weighted by Crippen LogP contribution is 2.30. The summed E-state index contributed by atoms with van der Waals surface area (Å²) < 4.78 is 6.95. The van der Waals surface area contributed by atoms with Crippen molar-refractivity contribution in [2.45, 2.75) is 64.2 Å². The molecule has 0 bridgehead atoms. The predicted octanol–water partition coefficient (Wildman–Crippen LogP) is 2.11. The maximum absolute atomic E-state index is 13.5. The Morgan fingerprint density at radius 3 is 2.67 bits per heavy atom. The minimum Gasteiger partial charge on any atom is -0.496 e. The van der Waals surface area contributed by atoms with E-state index in [0.717, 1.165) is 31.2 Å². The van der Waals surface area contributed by atoms with Crippen LogP contribution in [-0.4, -0.2) is 57.4 Å². The Morgan fingerprint density at radius 2 is 1.97 bits per heavy atom. The highest BCUT2D eigenvalue weighted by molar-refractivity contribution is 6.07. The fourth-order valence-electron chi connectivity index (χ4n) is 4.87. The number of hydrogen-bond acceptors (Lipinski definition) is 5. The molecule has 2 aliphatic rings. The Balaban J connectivity index is 1.54. The van der Waals surface area contributed by atoms with Gasteiger partial charge in [-0.15, -0.1) is 0 Å². The molecule has 0 spiro atoms. The van der Waals surface area contributed by atoms with E-state index in [2.05, 4.69) is 15.6 Å². The third-order valence-corrected chi connectivity index (χ3v) is 6.70. The first-order valence-corrected chi connectivity index (χ1v) is 11.5. The fourth-order valence-corrected chi connectivity index (χ4v) is 4.87. The molecule has 9 nitrogen and oxygen atoms in total. The first-order chi connectivity index (χ1) is 15.9. The van der Waals surface area contributed by atoms with Crippen molar-refractivity contribution in [1.29, 1.82) is 0 Å². The van der Waals surface area contributed by atoms with Crippen LogP contribution in [0, 0.1) is 0 Å². The van der Waals surface area contributed by atoms with Crippen LogP contribution in [0.2, 0.25) is 0 Å².